The van der Waals surface area contributed by atoms with Gasteiger partial charge in [-0.2, -0.15) is 0 Å². The van der Waals surface area contributed by atoms with E-state index in [-0.39, 0.29) is 11.5 Å². The molecule has 96 valence electrons. The Morgan fingerprint density at radius 3 is 2.72 bits per heavy atom. The van der Waals surface area contributed by atoms with Crippen LogP contribution >= 0.6 is 0 Å². The number of nitrogens with zero attached hydrogens (tertiary/aromatic N) is 1. The molecule has 0 radical (unpaired) electrons. The van der Waals surface area contributed by atoms with Crippen molar-refractivity contribution in [2.75, 3.05) is 11.5 Å². The highest BCUT2D eigenvalue weighted by molar-refractivity contribution is 7.91. The van der Waals surface area contributed by atoms with Crippen molar-refractivity contribution < 1.29 is 13.2 Å². The number of hydrogen-bond donors (Lipinski definition) is 0. The van der Waals surface area contributed by atoms with E-state index in [0.717, 1.165) is 17.2 Å². The van der Waals surface area contributed by atoms with Gasteiger partial charge in [0.1, 0.15) is 6.29 Å². The summed E-state index contributed by atoms with van der Waals surface area (Å²) in [7, 11) is -2.97. The van der Waals surface area contributed by atoms with Crippen LogP contribution in [0.3, 0.4) is 0 Å². The van der Waals surface area contributed by atoms with E-state index >= 15 is 0 Å². The molecule has 1 heterocycles. The van der Waals surface area contributed by atoms with Crippen molar-refractivity contribution in [3.63, 3.8) is 0 Å². The topological polar surface area (TPSA) is 56.1 Å². The van der Waals surface area contributed by atoms with Gasteiger partial charge in [0.25, 0.3) is 0 Å². The number of fused-ring (bicyclic) bond motifs is 1. The van der Waals surface area contributed by atoms with Gasteiger partial charge < -0.3 is 4.57 Å². The zero-order valence-corrected chi connectivity index (χ0v) is 11.0. The maximum Gasteiger partial charge on any atom is 0.151 e. The molecular weight excluding hydrogens is 250 g/mol. The van der Waals surface area contributed by atoms with E-state index in [1.165, 1.54) is 0 Å². The Labute approximate surface area is 106 Å². The molecule has 4 nitrogen and oxygen atoms in total. The molecule has 18 heavy (non-hydrogen) atoms. The minimum absolute atomic E-state index is 0.124. The number of rotatable bonds is 5. The Morgan fingerprint density at radius 1 is 1.28 bits per heavy atom. The second-order valence-electron chi connectivity index (χ2n) is 4.18. The summed E-state index contributed by atoms with van der Waals surface area (Å²) in [5.74, 6) is 0.282. The number of benzene rings is 1. The van der Waals surface area contributed by atoms with Gasteiger partial charge in [0, 0.05) is 29.6 Å². The van der Waals surface area contributed by atoms with Crippen molar-refractivity contribution in [1.29, 1.82) is 0 Å². The normalized spacial score (nSPS) is 11.8. The summed E-state index contributed by atoms with van der Waals surface area (Å²) in [4.78, 5) is 10.7. The minimum atomic E-state index is -2.97. The van der Waals surface area contributed by atoms with Gasteiger partial charge in [0.2, 0.25) is 0 Å². The van der Waals surface area contributed by atoms with E-state index in [1.807, 2.05) is 22.9 Å². The predicted octanol–water partition coefficient (Wildman–Crippen LogP) is 1.89. The molecule has 0 aliphatic carbocycles. The van der Waals surface area contributed by atoms with E-state index in [0.29, 0.717) is 12.1 Å². The maximum atomic E-state index is 11.5. The number of aryl methyl sites for hydroxylation is 1. The zero-order chi connectivity index (χ0) is 13.2. The third kappa shape index (κ3) is 2.61. The highest BCUT2D eigenvalue weighted by atomic mass is 32.2. The lowest BCUT2D eigenvalue weighted by Gasteiger charge is -2.05. The van der Waals surface area contributed by atoms with Crippen molar-refractivity contribution in [3.05, 3.63) is 36.0 Å². The monoisotopic (exact) mass is 265 g/mol. The average molecular weight is 265 g/mol. The number of aromatic nitrogens is 1. The Hall–Kier alpha value is -1.62. The van der Waals surface area contributed by atoms with E-state index < -0.39 is 9.84 Å². The molecule has 1 aromatic carbocycles. The van der Waals surface area contributed by atoms with E-state index in [1.54, 1.807) is 19.1 Å². The summed E-state index contributed by atoms with van der Waals surface area (Å²) in [5, 5.41) is 1.01. The molecule has 2 rings (SSSR count). The smallest absolute Gasteiger partial charge is 0.151 e. The fourth-order valence-electron chi connectivity index (χ4n) is 1.85. The van der Waals surface area contributed by atoms with Crippen molar-refractivity contribution >= 4 is 27.0 Å². The summed E-state index contributed by atoms with van der Waals surface area (Å²) >= 11 is 0. The fraction of sp³-hybridized carbons (Fsp3) is 0.308. The SMILES string of the molecule is CCS(=O)(=O)CCn1ccc2ccc(C=O)cc21. The molecule has 0 bridgehead atoms. The molecule has 2 aromatic rings. The summed E-state index contributed by atoms with van der Waals surface area (Å²) in [6, 6.07) is 7.32. The van der Waals surface area contributed by atoms with Crippen LogP contribution in [0.1, 0.15) is 17.3 Å². The molecular formula is C13H15NO3S. The van der Waals surface area contributed by atoms with Crippen LogP contribution in [0.5, 0.6) is 0 Å². The first-order valence-corrected chi connectivity index (χ1v) is 7.62. The molecule has 0 fully saturated rings. The molecule has 0 saturated carbocycles. The van der Waals surface area contributed by atoms with Crippen LogP contribution in [-0.2, 0) is 16.4 Å². The summed E-state index contributed by atoms with van der Waals surface area (Å²) in [5.41, 5.74) is 1.49. The number of aldehydes is 1. The second-order valence-corrected chi connectivity index (χ2v) is 6.65. The van der Waals surface area contributed by atoms with Crippen LogP contribution in [0.15, 0.2) is 30.5 Å². The molecule has 5 heteroatoms. The van der Waals surface area contributed by atoms with Gasteiger partial charge in [-0.05, 0) is 17.5 Å². The molecule has 0 amide bonds. The standard InChI is InChI=1S/C13H15NO3S/c1-2-18(16,17)8-7-14-6-5-12-4-3-11(10-15)9-13(12)14/h3-6,9-10H,2,7-8H2,1H3. The maximum absolute atomic E-state index is 11.5. The van der Waals surface area contributed by atoms with Gasteiger partial charge in [-0.1, -0.05) is 19.1 Å². The second kappa shape index (κ2) is 4.94. The number of sulfone groups is 1. The number of hydrogen-bond acceptors (Lipinski definition) is 3. The third-order valence-electron chi connectivity index (χ3n) is 3.02. The predicted molar refractivity (Wildman–Crippen MR) is 71.7 cm³/mol. The first kappa shape index (κ1) is 12.8. The molecule has 0 unspecified atom stereocenters. The van der Waals surface area contributed by atoms with Gasteiger partial charge in [-0.15, -0.1) is 0 Å². The lowest BCUT2D eigenvalue weighted by molar-refractivity contribution is 0.112. The largest absolute Gasteiger partial charge is 0.346 e. The van der Waals surface area contributed by atoms with Gasteiger partial charge in [-0.25, -0.2) is 8.42 Å². The fourth-order valence-corrected chi connectivity index (χ4v) is 2.61. The third-order valence-corrected chi connectivity index (χ3v) is 4.70. The minimum Gasteiger partial charge on any atom is -0.346 e. The van der Waals surface area contributed by atoms with Gasteiger partial charge >= 0.3 is 0 Å². The van der Waals surface area contributed by atoms with Gasteiger partial charge in [0.05, 0.1) is 5.75 Å². The van der Waals surface area contributed by atoms with Gasteiger partial charge in [-0.3, -0.25) is 4.79 Å². The van der Waals surface area contributed by atoms with Crippen molar-refractivity contribution in [1.82, 2.24) is 4.57 Å². The first-order valence-electron chi connectivity index (χ1n) is 5.80. The van der Waals surface area contributed by atoms with E-state index in [9.17, 15) is 13.2 Å². The van der Waals surface area contributed by atoms with Crippen LogP contribution in [0.2, 0.25) is 0 Å². The number of carbonyl (C=O) groups excluding carboxylic acids is 1. The summed E-state index contributed by atoms with van der Waals surface area (Å²) < 4.78 is 24.8. The highest BCUT2D eigenvalue weighted by Gasteiger charge is 2.09. The van der Waals surface area contributed by atoms with Crippen molar-refractivity contribution in [2.24, 2.45) is 0 Å². The molecule has 0 saturated heterocycles. The van der Waals surface area contributed by atoms with E-state index in [2.05, 4.69) is 0 Å². The zero-order valence-electron chi connectivity index (χ0n) is 10.2. The van der Waals surface area contributed by atoms with Crippen LogP contribution in [0.25, 0.3) is 10.9 Å². The van der Waals surface area contributed by atoms with E-state index in [4.69, 9.17) is 0 Å². The van der Waals surface area contributed by atoms with Crippen LogP contribution in [0.4, 0.5) is 0 Å². The molecule has 0 N–H and O–H groups in total. The lowest BCUT2D eigenvalue weighted by Crippen LogP contribution is -2.14. The first-order chi connectivity index (χ1) is 8.55. The molecule has 0 aliphatic rings. The lowest BCUT2D eigenvalue weighted by atomic mass is 10.2. The Balaban J connectivity index is 2.31. The van der Waals surface area contributed by atoms with Crippen molar-refractivity contribution in [2.45, 2.75) is 13.5 Å². The summed E-state index contributed by atoms with van der Waals surface area (Å²) in [6.45, 7) is 2.07. The Morgan fingerprint density at radius 2 is 2.06 bits per heavy atom. The van der Waals surface area contributed by atoms with Gasteiger partial charge in [0.15, 0.2) is 9.84 Å². The molecule has 0 atom stereocenters. The quantitative estimate of drug-likeness (QED) is 0.776. The van der Waals surface area contributed by atoms with Crippen LogP contribution < -0.4 is 0 Å². The molecule has 1 aromatic heterocycles. The molecule has 0 aliphatic heterocycles. The van der Waals surface area contributed by atoms with Crippen LogP contribution in [-0.4, -0.2) is 30.8 Å². The Kier molecular flexibility index (Phi) is 3.52. The van der Waals surface area contributed by atoms with Crippen LogP contribution in [0, 0.1) is 0 Å². The highest BCUT2D eigenvalue weighted by Crippen LogP contribution is 2.17. The summed E-state index contributed by atoms with van der Waals surface area (Å²) in [6.07, 6.45) is 2.64. The molecule has 0 spiro atoms. The number of carbonyl (C=O) groups is 1. The average Bonchev–Trinajstić information content (AvgIpc) is 2.78. The van der Waals surface area contributed by atoms with Crippen molar-refractivity contribution in [3.8, 4) is 0 Å². The Bertz CT molecular complexity index is 671.